The standard InChI is InChI=1S/C17H23ClN2O/c1-4-17(9-6-10-17)20-13-7-5-8-14(21-12(2)3)16(13)19-15(20)11-18/h5,7-8,12H,4,6,9-11H2,1-3H3. The Labute approximate surface area is 131 Å². The average molecular weight is 307 g/mol. The van der Waals surface area contributed by atoms with Crippen LogP contribution in [0.25, 0.3) is 11.0 Å². The van der Waals surface area contributed by atoms with E-state index < -0.39 is 0 Å². The van der Waals surface area contributed by atoms with Crippen molar-refractivity contribution in [2.75, 3.05) is 0 Å². The molecular weight excluding hydrogens is 284 g/mol. The van der Waals surface area contributed by atoms with Crippen molar-refractivity contribution in [2.24, 2.45) is 0 Å². The summed E-state index contributed by atoms with van der Waals surface area (Å²) in [7, 11) is 0. The van der Waals surface area contributed by atoms with Gasteiger partial charge in [0.1, 0.15) is 17.1 Å². The van der Waals surface area contributed by atoms with E-state index in [1.807, 2.05) is 19.9 Å². The molecule has 0 aliphatic heterocycles. The Morgan fingerprint density at radius 1 is 1.38 bits per heavy atom. The van der Waals surface area contributed by atoms with Crippen molar-refractivity contribution in [1.29, 1.82) is 0 Å². The maximum atomic E-state index is 6.18. The van der Waals surface area contributed by atoms with Crippen molar-refractivity contribution >= 4 is 22.6 Å². The fourth-order valence-electron chi connectivity index (χ4n) is 3.41. The van der Waals surface area contributed by atoms with Gasteiger partial charge in [0.15, 0.2) is 0 Å². The number of ether oxygens (including phenoxy) is 1. The molecule has 1 aliphatic carbocycles. The van der Waals surface area contributed by atoms with E-state index in [0.717, 1.165) is 29.0 Å². The van der Waals surface area contributed by atoms with Crippen LogP contribution in [0.4, 0.5) is 0 Å². The van der Waals surface area contributed by atoms with Crippen LogP contribution < -0.4 is 4.74 Å². The number of para-hydroxylation sites is 1. The van der Waals surface area contributed by atoms with Gasteiger partial charge in [-0.25, -0.2) is 4.98 Å². The van der Waals surface area contributed by atoms with Gasteiger partial charge in [0.05, 0.1) is 17.5 Å². The lowest BCUT2D eigenvalue weighted by Crippen LogP contribution is -2.40. The third-order valence-electron chi connectivity index (χ3n) is 4.62. The highest BCUT2D eigenvalue weighted by atomic mass is 35.5. The van der Waals surface area contributed by atoms with Gasteiger partial charge in [-0.3, -0.25) is 0 Å². The summed E-state index contributed by atoms with van der Waals surface area (Å²) >= 11 is 6.18. The summed E-state index contributed by atoms with van der Waals surface area (Å²) < 4.78 is 8.30. The fourth-order valence-corrected chi connectivity index (χ4v) is 3.59. The lowest BCUT2D eigenvalue weighted by atomic mass is 9.74. The molecule has 1 aliphatic rings. The van der Waals surface area contributed by atoms with Crippen molar-refractivity contribution in [3.8, 4) is 5.75 Å². The Morgan fingerprint density at radius 3 is 2.67 bits per heavy atom. The molecule has 0 bridgehead atoms. The highest BCUT2D eigenvalue weighted by molar-refractivity contribution is 6.17. The number of rotatable bonds is 5. The van der Waals surface area contributed by atoms with Gasteiger partial charge in [-0.2, -0.15) is 0 Å². The second kappa shape index (κ2) is 5.53. The second-order valence-corrected chi connectivity index (χ2v) is 6.49. The number of fused-ring (bicyclic) bond motifs is 1. The monoisotopic (exact) mass is 306 g/mol. The summed E-state index contributed by atoms with van der Waals surface area (Å²) in [4.78, 5) is 4.79. The molecule has 0 amide bonds. The molecule has 2 aromatic rings. The van der Waals surface area contributed by atoms with E-state index in [1.165, 1.54) is 19.3 Å². The van der Waals surface area contributed by atoms with Crippen molar-refractivity contribution < 1.29 is 4.74 Å². The predicted molar refractivity (Wildman–Crippen MR) is 87.2 cm³/mol. The lowest BCUT2D eigenvalue weighted by Gasteiger charge is -2.44. The predicted octanol–water partition coefficient (Wildman–Crippen LogP) is 4.85. The maximum Gasteiger partial charge on any atom is 0.147 e. The molecule has 0 atom stereocenters. The van der Waals surface area contributed by atoms with Gasteiger partial charge >= 0.3 is 0 Å². The zero-order valence-electron chi connectivity index (χ0n) is 13.0. The summed E-state index contributed by atoms with van der Waals surface area (Å²) in [5.41, 5.74) is 2.31. The van der Waals surface area contributed by atoms with Crippen LogP contribution in [0.15, 0.2) is 18.2 Å². The molecule has 0 N–H and O–H groups in total. The molecule has 4 heteroatoms. The number of alkyl halides is 1. The molecule has 3 nitrogen and oxygen atoms in total. The summed E-state index contributed by atoms with van der Waals surface area (Å²) in [6.45, 7) is 6.34. The van der Waals surface area contributed by atoms with Crippen molar-refractivity contribution in [2.45, 2.75) is 64.0 Å². The molecule has 0 saturated heterocycles. The molecule has 1 heterocycles. The van der Waals surface area contributed by atoms with Gasteiger partial charge in [0, 0.05) is 5.54 Å². The molecule has 3 rings (SSSR count). The summed E-state index contributed by atoms with van der Waals surface area (Å²) in [6.07, 6.45) is 4.99. The Balaban J connectivity index is 2.19. The Kier molecular flexibility index (Phi) is 3.87. The maximum absolute atomic E-state index is 6.18. The molecule has 1 fully saturated rings. The third kappa shape index (κ3) is 2.32. The number of halogens is 1. The first-order valence-corrected chi connectivity index (χ1v) is 8.38. The average Bonchev–Trinajstić information content (AvgIpc) is 2.78. The highest BCUT2D eigenvalue weighted by Crippen LogP contribution is 2.45. The Hall–Kier alpha value is -1.22. The van der Waals surface area contributed by atoms with Gasteiger partial charge < -0.3 is 9.30 Å². The van der Waals surface area contributed by atoms with Gasteiger partial charge in [-0.1, -0.05) is 13.0 Å². The largest absolute Gasteiger partial charge is 0.489 e. The number of nitrogens with zero attached hydrogens (tertiary/aromatic N) is 2. The Bertz CT molecular complexity index is 638. The molecule has 1 aromatic heterocycles. The minimum atomic E-state index is 0.143. The smallest absolute Gasteiger partial charge is 0.147 e. The van der Waals surface area contributed by atoms with Crippen molar-refractivity contribution in [3.63, 3.8) is 0 Å². The first kappa shape index (κ1) is 14.7. The minimum absolute atomic E-state index is 0.143. The number of hydrogen-bond donors (Lipinski definition) is 0. The highest BCUT2D eigenvalue weighted by Gasteiger charge is 2.39. The van der Waals surface area contributed by atoms with E-state index in [-0.39, 0.29) is 11.6 Å². The SMILES string of the molecule is CCC1(n2c(CCl)nc3c(OC(C)C)cccc32)CCC1. The normalized spacial score (nSPS) is 17.2. The van der Waals surface area contributed by atoms with Crippen molar-refractivity contribution in [3.05, 3.63) is 24.0 Å². The van der Waals surface area contributed by atoms with Crippen LogP contribution in [0, 0.1) is 0 Å². The van der Waals surface area contributed by atoms with E-state index in [4.69, 9.17) is 21.3 Å². The van der Waals surface area contributed by atoms with E-state index in [1.54, 1.807) is 0 Å². The zero-order valence-corrected chi connectivity index (χ0v) is 13.8. The summed E-state index contributed by atoms with van der Waals surface area (Å²) in [6, 6.07) is 6.19. The summed E-state index contributed by atoms with van der Waals surface area (Å²) in [5, 5.41) is 0. The number of imidazole rings is 1. The number of hydrogen-bond acceptors (Lipinski definition) is 2. The van der Waals surface area contributed by atoms with Gasteiger partial charge in [-0.05, 0) is 51.7 Å². The van der Waals surface area contributed by atoms with E-state index in [0.29, 0.717) is 5.88 Å². The second-order valence-electron chi connectivity index (χ2n) is 6.22. The number of benzene rings is 1. The van der Waals surface area contributed by atoms with Crippen LogP contribution in [0.5, 0.6) is 5.75 Å². The van der Waals surface area contributed by atoms with Crippen LogP contribution >= 0.6 is 11.6 Å². The molecule has 0 unspecified atom stereocenters. The molecular formula is C17H23ClN2O. The van der Waals surface area contributed by atoms with Gasteiger partial charge in [0.2, 0.25) is 0 Å². The van der Waals surface area contributed by atoms with Crippen molar-refractivity contribution in [1.82, 2.24) is 9.55 Å². The van der Waals surface area contributed by atoms with Crippen LogP contribution in [-0.4, -0.2) is 15.7 Å². The van der Waals surface area contributed by atoms with Gasteiger partial charge in [-0.15, -0.1) is 11.6 Å². The summed E-state index contributed by atoms with van der Waals surface area (Å²) in [5.74, 6) is 2.27. The van der Waals surface area contributed by atoms with Crippen LogP contribution in [0.2, 0.25) is 0 Å². The molecule has 1 saturated carbocycles. The quantitative estimate of drug-likeness (QED) is 0.738. The fraction of sp³-hybridized carbons (Fsp3) is 0.588. The minimum Gasteiger partial charge on any atom is -0.489 e. The number of aromatic nitrogens is 2. The molecule has 1 aromatic carbocycles. The topological polar surface area (TPSA) is 27.1 Å². The molecule has 0 spiro atoms. The van der Waals surface area contributed by atoms with E-state index >= 15 is 0 Å². The Morgan fingerprint density at radius 2 is 2.14 bits per heavy atom. The van der Waals surface area contributed by atoms with E-state index in [2.05, 4.69) is 23.6 Å². The lowest BCUT2D eigenvalue weighted by molar-refractivity contribution is 0.138. The molecule has 114 valence electrons. The van der Waals surface area contributed by atoms with E-state index in [9.17, 15) is 0 Å². The zero-order chi connectivity index (χ0) is 15.0. The van der Waals surface area contributed by atoms with Gasteiger partial charge in [0.25, 0.3) is 0 Å². The van der Waals surface area contributed by atoms with Crippen LogP contribution in [0.3, 0.4) is 0 Å². The third-order valence-corrected chi connectivity index (χ3v) is 4.86. The molecule has 0 radical (unpaired) electrons. The first-order valence-electron chi connectivity index (χ1n) is 7.85. The first-order chi connectivity index (χ1) is 10.1. The van der Waals surface area contributed by atoms with Crippen LogP contribution in [-0.2, 0) is 11.4 Å². The van der Waals surface area contributed by atoms with Crippen LogP contribution in [0.1, 0.15) is 52.3 Å². The molecule has 21 heavy (non-hydrogen) atoms.